The van der Waals surface area contributed by atoms with Crippen molar-refractivity contribution in [1.82, 2.24) is 5.32 Å². The lowest BCUT2D eigenvalue weighted by Gasteiger charge is -2.26. The molecule has 4 unspecified atom stereocenters. The largest absolute Gasteiger partial charge is 0.395 e. The van der Waals surface area contributed by atoms with E-state index in [4.69, 9.17) is 5.11 Å². The second kappa shape index (κ2) is 6.65. The summed E-state index contributed by atoms with van der Waals surface area (Å²) in [7, 11) is 0. The fourth-order valence-electron chi connectivity index (χ4n) is 1.10. The third kappa shape index (κ3) is 4.86. The molecule has 13 heavy (non-hydrogen) atoms. The number of aliphatic hydroxyl groups is 2. The Morgan fingerprint density at radius 1 is 1.23 bits per heavy atom. The average molecular weight is 207 g/mol. The Balaban J connectivity index is 3.89. The molecule has 0 saturated heterocycles. The van der Waals surface area contributed by atoms with Crippen molar-refractivity contribution < 1.29 is 10.2 Å². The third-order valence-corrected chi connectivity index (χ3v) is 3.45. The second-order valence-electron chi connectivity index (χ2n) is 3.44. The van der Waals surface area contributed by atoms with Crippen LogP contribution in [0.15, 0.2) is 0 Å². The van der Waals surface area contributed by atoms with Crippen molar-refractivity contribution in [3.05, 3.63) is 0 Å². The van der Waals surface area contributed by atoms with Gasteiger partial charge in [-0.15, -0.1) is 0 Å². The molecule has 0 amide bonds. The van der Waals surface area contributed by atoms with E-state index in [1.807, 2.05) is 20.1 Å². The molecule has 0 aromatic rings. The predicted molar refractivity (Wildman–Crippen MR) is 58.1 cm³/mol. The molecule has 4 atom stereocenters. The SMILES string of the molecule is CSC(CO)C(C)NC(C)C(C)O. The molecule has 0 aromatic heterocycles. The Morgan fingerprint density at radius 2 is 1.77 bits per heavy atom. The predicted octanol–water partition coefficient (Wildman–Crippen LogP) is 0.458. The normalized spacial score (nSPS) is 20.8. The fraction of sp³-hybridized carbons (Fsp3) is 1.00. The first-order chi connectivity index (χ1) is 6.02. The van der Waals surface area contributed by atoms with Gasteiger partial charge in [-0.2, -0.15) is 11.8 Å². The molecule has 0 aliphatic carbocycles. The summed E-state index contributed by atoms with van der Waals surface area (Å²) in [5.41, 5.74) is 0. The Labute approximate surface area is 84.9 Å². The molecule has 4 heteroatoms. The first-order valence-electron chi connectivity index (χ1n) is 4.60. The minimum atomic E-state index is -0.358. The van der Waals surface area contributed by atoms with Gasteiger partial charge >= 0.3 is 0 Å². The van der Waals surface area contributed by atoms with Gasteiger partial charge in [0.05, 0.1) is 12.7 Å². The van der Waals surface area contributed by atoms with Crippen LogP contribution in [-0.4, -0.2) is 46.5 Å². The molecule has 0 spiro atoms. The van der Waals surface area contributed by atoms with Crippen molar-refractivity contribution in [3.8, 4) is 0 Å². The molecule has 3 N–H and O–H groups in total. The maximum Gasteiger partial charge on any atom is 0.0662 e. The van der Waals surface area contributed by atoms with E-state index >= 15 is 0 Å². The van der Waals surface area contributed by atoms with E-state index in [1.54, 1.807) is 18.7 Å². The number of hydrogen-bond donors (Lipinski definition) is 3. The van der Waals surface area contributed by atoms with Crippen LogP contribution in [0.1, 0.15) is 20.8 Å². The van der Waals surface area contributed by atoms with Crippen LogP contribution in [0.25, 0.3) is 0 Å². The van der Waals surface area contributed by atoms with Crippen LogP contribution in [0.2, 0.25) is 0 Å². The van der Waals surface area contributed by atoms with Gasteiger partial charge in [-0.3, -0.25) is 0 Å². The maximum atomic E-state index is 9.27. The monoisotopic (exact) mass is 207 g/mol. The fourth-order valence-corrected chi connectivity index (χ4v) is 1.73. The Kier molecular flexibility index (Phi) is 6.77. The first kappa shape index (κ1) is 13.2. The Bertz CT molecular complexity index is 129. The summed E-state index contributed by atoms with van der Waals surface area (Å²) in [6, 6.07) is 0.279. The molecule has 80 valence electrons. The molecule has 0 radical (unpaired) electrons. The standard InChI is InChI=1S/C9H21NO2S/c1-6(8(3)12)10-7(2)9(5-11)13-4/h6-12H,5H2,1-4H3. The van der Waals surface area contributed by atoms with Gasteiger partial charge in [0, 0.05) is 17.3 Å². The lowest BCUT2D eigenvalue weighted by atomic mass is 10.1. The minimum absolute atomic E-state index is 0.0659. The summed E-state index contributed by atoms with van der Waals surface area (Å²) in [5.74, 6) is 0. The van der Waals surface area contributed by atoms with Gasteiger partial charge in [-0.05, 0) is 27.0 Å². The third-order valence-electron chi connectivity index (χ3n) is 2.29. The zero-order valence-electron chi connectivity index (χ0n) is 8.82. The quantitative estimate of drug-likeness (QED) is 0.592. The smallest absolute Gasteiger partial charge is 0.0662 e. The Morgan fingerprint density at radius 3 is 2.08 bits per heavy atom. The summed E-state index contributed by atoms with van der Waals surface area (Å²) >= 11 is 1.64. The van der Waals surface area contributed by atoms with Crippen LogP contribution in [-0.2, 0) is 0 Å². The van der Waals surface area contributed by atoms with Crippen LogP contribution in [0, 0.1) is 0 Å². The van der Waals surface area contributed by atoms with Crippen molar-refractivity contribution in [2.75, 3.05) is 12.9 Å². The van der Waals surface area contributed by atoms with Crippen molar-refractivity contribution in [2.24, 2.45) is 0 Å². The van der Waals surface area contributed by atoms with Gasteiger partial charge in [-0.25, -0.2) is 0 Å². The lowest BCUT2D eigenvalue weighted by molar-refractivity contribution is 0.144. The van der Waals surface area contributed by atoms with E-state index in [0.717, 1.165) is 0 Å². The van der Waals surface area contributed by atoms with Gasteiger partial charge < -0.3 is 15.5 Å². The highest BCUT2D eigenvalue weighted by Crippen LogP contribution is 2.11. The Hall–Kier alpha value is 0.230. The van der Waals surface area contributed by atoms with E-state index in [1.165, 1.54) is 0 Å². The van der Waals surface area contributed by atoms with Gasteiger partial charge in [0.1, 0.15) is 0 Å². The zero-order chi connectivity index (χ0) is 10.4. The minimum Gasteiger partial charge on any atom is -0.395 e. The van der Waals surface area contributed by atoms with Crippen molar-refractivity contribution in [2.45, 2.75) is 44.2 Å². The molecule has 0 bridgehead atoms. The summed E-state index contributed by atoms with van der Waals surface area (Å²) in [6.07, 6.45) is 1.62. The van der Waals surface area contributed by atoms with Crippen LogP contribution in [0.3, 0.4) is 0 Å². The summed E-state index contributed by atoms with van der Waals surface area (Å²) < 4.78 is 0. The number of hydrogen-bond acceptors (Lipinski definition) is 4. The van der Waals surface area contributed by atoms with Gasteiger partial charge in [0.15, 0.2) is 0 Å². The summed E-state index contributed by atoms with van der Waals surface area (Å²) in [6.45, 7) is 5.89. The van der Waals surface area contributed by atoms with Crippen LogP contribution < -0.4 is 5.32 Å². The maximum absolute atomic E-state index is 9.27. The van der Waals surface area contributed by atoms with Crippen LogP contribution >= 0.6 is 11.8 Å². The van der Waals surface area contributed by atoms with E-state index in [0.29, 0.717) is 0 Å². The van der Waals surface area contributed by atoms with Gasteiger partial charge in [-0.1, -0.05) is 0 Å². The van der Waals surface area contributed by atoms with Crippen LogP contribution in [0.5, 0.6) is 0 Å². The zero-order valence-corrected chi connectivity index (χ0v) is 9.64. The number of thioether (sulfide) groups is 1. The average Bonchev–Trinajstić information content (AvgIpc) is 2.06. The lowest BCUT2D eigenvalue weighted by Crippen LogP contribution is -2.46. The molecule has 0 aromatic carbocycles. The molecule has 0 rings (SSSR count). The number of nitrogens with one attached hydrogen (secondary N) is 1. The molecule has 0 aliphatic rings. The van der Waals surface area contributed by atoms with E-state index in [2.05, 4.69) is 5.32 Å². The molecule has 3 nitrogen and oxygen atoms in total. The van der Waals surface area contributed by atoms with E-state index < -0.39 is 0 Å². The highest BCUT2D eigenvalue weighted by atomic mass is 32.2. The topological polar surface area (TPSA) is 52.5 Å². The van der Waals surface area contributed by atoms with Crippen molar-refractivity contribution >= 4 is 11.8 Å². The summed E-state index contributed by atoms with van der Waals surface area (Å²) in [4.78, 5) is 0. The number of rotatable bonds is 6. The second-order valence-corrected chi connectivity index (χ2v) is 4.52. The van der Waals surface area contributed by atoms with Crippen molar-refractivity contribution in [1.29, 1.82) is 0 Å². The number of aliphatic hydroxyl groups excluding tert-OH is 2. The van der Waals surface area contributed by atoms with Crippen LogP contribution in [0.4, 0.5) is 0 Å². The van der Waals surface area contributed by atoms with E-state index in [-0.39, 0.29) is 30.0 Å². The molecule has 0 saturated carbocycles. The first-order valence-corrected chi connectivity index (χ1v) is 5.89. The van der Waals surface area contributed by atoms with Gasteiger partial charge in [0.2, 0.25) is 0 Å². The molecule has 0 aliphatic heterocycles. The van der Waals surface area contributed by atoms with E-state index in [9.17, 15) is 5.11 Å². The molecule has 0 heterocycles. The highest BCUT2D eigenvalue weighted by Gasteiger charge is 2.18. The van der Waals surface area contributed by atoms with Gasteiger partial charge in [0.25, 0.3) is 0 Å². The molecular formula is C9H21NO2S. The van der Waals surface area contributed by atoms with Crippen molar-refractivity contribution in [3.63, 3.8) is 0 Å². The molecule has 0 fully saturated rings. The summed E-state index contributed by atoms with van der Waals surface area (Å²) in [5, 5.41) is 21.7. The highest BCUT2D eigenvalue weighted by molar-refractivity contribution is 7.99. The molecular weight excluding hydrogens is 186 g/mol.